The average Bonchev–Trinajstić information content (AvgIpc) is 2.60. The van der Waals surface area contributed by atoms with Gasteiger partial charge in [-0.25, -0.2) is 9.97 Å². The zero-order chi connectivity index (χ0) is 17.4. The smallest absolute Gasteiger partial charge is 0.329 e. The molecule has 1 aromatic heterocycles. The van der Waals surface area contributed by atoms with Crippen LogP contribution in [0.3, 0.4) is 0 Å². The second-order valence-electron chi connectivity index (χ2n) is 5.79. The Kier molecular flexibility index (Phi) is 7.19. The first-order valence-corrected chi connectivity index (χ1v) is 8.81. The fourth-order valence-electron chi connectivity index (χ4n) is 2.26. The van der Waals surface area contributed by atoms with Gasteiger partial charge in [0.15, 0.2) is 5.82 Å². The summed E-state index contributed by atoms with van der Waals surface area (Å²) in [6.07, 6.45) is 9.73. The number of nitrogens with zero attached hydrogens (tertiary/aromatic N) is 2. The largest absolute Gasteiger partial charge is 0.425 e. The molecule has 0 saturated carbocycles. The summed E-state index contributed by atoms with van der Waals surface area (Å²) in [4.78, 5) is 20.3. The van der Waals surface area contributed by atoms with E-state index in [-0.39, 0.29) is 0 Å². The minimum absolute atomic E-state index is 0.462. The molecule has 0 aliphatic carbocycles. The summed E-state index contributed by atoms with van der Waals surface area (Å²) in [7, 11) is 0. The SMILES string of the molecule is CCCCCCc1cnc(-c2ccc(OC(=O)C(C)Cl)cc2)nc1. The van der Waals surface area contributed by atoms with Gasteiger partial charge < -0.3 is 4.74 Å². The average molecular weight is 347 g/mol. The van der Waals surface area contributed by atoms with Crippen LogP contribution in [0.15, 0.2) is 36.7 Å². The predicted octanol–water partition coefficient (Wildman–Crippen LogP) is 4.80. The zero-order valence-corrected chi connectivity index (χ0v) is 14.9. The lowest BCUT2D eigenvalue weighted by molar-refractivity contribution is -0.133. The van der Waals surface area contributed by atoms with Gasteiger partial charge in [-0.1, -0.05) is 26.2 Å². The maximum atomic E-state index is 11.5. The van der Waals surface area contributed by atoms with Gasteiger partial charge in [-0.05, 0) is 49.6 Å². The van der Waals surface area contributed by atoms with E-state index in [1.807, 2.05) is 24.5 Å². The summed E-state index contributed by atoms with van der Waals surface area (Å²) in [5.41, 5.74) is 2.04. The number of aromatic nitrogens is 2. The molecule has 2 aromatic rings. The highest BCUT2D eigenvalue weighted by Gasteiger charge is 2.12. The van der Waals surface area contributed by atoms with E-state index >= 15 is 0 Å². The highest BCUT2D eigenvalue weighted by Crippen LogP contribution is 2.20. The van der Waals surface area contributed by atoms with Crippen LogP contribution in [0.25, 0.3) is 11.4 Å². The van der Waals surface area contributed by atoms with Crippen LogP contribution in [0.2, 0.25) is 0 Å². The van der Waals surface area contributed by atoms with E-state index < -0.39 is 11.3 Å². The summed E-state index contributed by atoms with van der Waals surface area (Å²) in [6, 6.07) is 7.10. The van der Waals surface area contributed by atoms with Crippen LogP contribution >= 0.6 is 11.6 Å². The standard InChI is InChI=1S/C19H23ClN2O2/c1-3-4-5-6-7-15-12-21-18(22-13-15)16-8-10-17(11-9-16)24-19(23)14(2)20/h8-14H,3-7H2,1-2H3. The Hall–Kier alpha value is -1.94. The van der Waals surface area contributed by atoms with Crippen LogP contribution < -0.4 is 4.74 Å². The van der Waals surface area contributed by atoms with Crippen molar-refractivity contribution in [2.24, 2.45) is 0 Å². The molecule has 0 radical (unpaired) electrons. The second kappa shape index (κ2) is 9.38. The van der Waals surface area contributed by atoms with Crippen molar-refractivity contribution in [1.29, 1.82) is 0 Å². The van der Waals surface area contributed by atoms with Crippen LogP contribution in [0, 0.1) is 0 Å². The number of unbranched alkanes of at least 4 members (excludes halogenated alkanes) is 3. The second-order valence-corrected chi connectivity index (χ2v) is 6.44. The Labute approximate surface area is 148 Å². The Bertz CT molecular complexity index is 639. The van der Waals surface area contributed by atoms with Crippen LogP contribution in [0.4, 0.5) is 0 Å². The normalized spacial score (nSPS) is 12.0. The zero-order valence-electron chi connectivity index (χ0n) is 14.2. The molecular formula is C19H23ClN2O2. The number of esters is 1. The number of halogens is 1. The lowest BCUT2D eigenvalue weighted by Gasteiger charge is -2.06. The van der Waals surface area contributed by atoms with Gasteiger partial charge in [-0.2, -0.15) is 0 Å². The third-order valence-corrected chi connectivity index (χ3v) is 3.86. The first-order chi connectivity index (χ1) is 11.6. The number of hydrogen-bond acceptors (Lipinski definition) is 4. The fraction of sp³-hybridized carbons (Fsp3) is 0.421. The highest BCUT2D eigenvalue weighted by molar-refractivity contribution is 6.29. The number of carbonyl (C=O) groups excluding carboxylic acids is 1. The molecule has 0 bridgehead atoms. The van der Waals surface area contributed by atoms with Crippen molar-refractivity contribution < 1.29 is 9.53 Å². The first-order valence-electron chi connectivity index (χ1n) is 8.37. The van der Waals surface area contributed by atoms with E-state index in [2.05, 4.69) is 16.9 Å². The number of carbonyl (C=O) groups is 1. The molecule has 0 aliphatic rings. The molecule has 0 N–H and O–H groups in total. The molecule has 5 heteroatoms. The molecule has 0 fully saturated rings. The summed E-state index contributed by atoms with van der Waals surface area (Å²) < 4.78 is 5.14. The molecule has 1 heterocycles. The summed E-state index contributed by atoms with van der Waals surface area (Å²) in [5, 5.41) is -0.669. The van der Waals surface area contributed by atoms with Crippen molar-refractivity contribution in [3.63, 3.8) is 0 Å². The fourth-order valence-corrected chi connectivity index (χ4v) is 2.30. The van der Waals surface area contributed by atoms with Crippen molar-refractivity contribution in [1.82, 2.24) is 9.97 Å². The lowest BCUT2D eigenvalue weighted by atomic mass is 10.1. The summed E-state index contributed by atoms with van der Waals surface area (Å²) in [6.45, 7) is 3.79. The number of hydrogen-bond donors (Lipinski definition) is 0. The Morgan fingerprint density at radius 2 is 1.79 bits per heavy atom. The first kappa shape index (κ1) is 18.4. The highest BCUT2D eigenvalue weighted by atomic mass is 35.5. The minimum Gasteiger partial charge on any atom is -0.425 e. The Balaban J connectivity index is 1.95. The maximum absolute atomic E-state index is 11.5. The van der Waals surface area contributed by atoms with Gasteiger partial charge in [-0.15, -0.1) is 11.6 Å². The van der Waals surface area contributed by atoms with Crippen molar-refractivity contribution in [2.75, 3.05) is 0 Å². The maximum Gasteiger partial charge on any atom is 0.329 e. The minimum atomic E-state index is -0.669. The van der Waals surface area contributed by atoms with Gasteiger partial charge in [-0.3, -0.25) is 4.79 Å². The summed E-state index contributed by atoms with van der Waals surface area (Å²) >= 11 is 5.68. The van der Waals surface area contributed by atoms with E-state index in [0.717, 1.165) is 17.5 Å². The van der Waals surface area contributed by atoms with Gasteiger partial charge in [0, 0.05) is 18.0 Å². The van der Waals surface area contributed by atoms with Crippen molar-refractivity contribution in [3.8, 4) is 17.1 Å². The summed E-state index contributed by atoms with van der Waals surface area (Å²) in [5.74, 6) is 0.660. The molecule has 2 rings (SSSR count). The Morgan fingerprint density at radius 1 is 1.12 bits per heavy atom. The predicted molar refractivity (Wildman–Crippen MR) is 96.3 cm³/mol. The number of alkyl halides is 1. The monoisotopic (exact) mass is 346 g/mol. The van der Waals surface area contributed by atoms with E-state index in [4.69, 9.17) is 16.3 Å². The number of aryl methyl sites for hydroxylation is 1. The molecule has 0 spiro atoms. The molecule has 4 nitrogen and oxygen atoms in total. The molecule has 1 atom stereocenters. The molecule has 1 aromatic carbocycles. The van der Waals surface area contributed by atoms with Gasteiger partial charge in [0.1, 0.15) is 11.1 Å². The molecule has 1 unspecified atom stereocenters. The molecular weight excluding hydrogens is 324 g/mol. The third kappa shape index (κ3) is 5.60. The van der Waals surface area contributed by atoms with Crippen LogP contribution in [0.5, 0.6) is 5.75 Å². The van der Waals surface area contributed by atoms with Gasteiger partial charge in [0.2, 0.25) is 0 Å². The number of ether oxygens (including phenoxy) is 1. The third-order valence-electron chi connectivity index (χ3n) is 3.68. The van der Waals surface area contributed by atoms with Crippen LogP contribution in [-0.2, 0) is 11.2 Å². The van der Waals surface area contributed by atoms with Gasteiger partial charge >= 0.3 is 5.97 Å². The van der Waals surface area contributed by atoms with Crippen molar-refractivity contribution in [2.45, 2.75) is 51.3 Å². The van der Waals surface area contributed by atoms with E-state index in [9.17, 15) is 4.79 Å². The topological polar surface area (TPSA) is 52.1 Å². The quantitative estimate of drug-likeness (QED) is 0.298. The van der Waals surface area contributed by atoms with Crippen molar-refractivity contribution >= 4 is 17.6 Å². The Morgan fingerprint density at radius 3 is 2.38 bits per heavy atom. The van der Waals surface area contributed by atoms with Gasteiger partial charge in [0.25, 0.3) is 0 Å². The van der Waals surface area contributed by atoms with Crippen LogP contribution in [-0.4, -0.2) is 21.3 Å². The molecule has 0 aliphatic heterocycles. The molecule has 24 heavy (non-hydrogen) atoms. The number of rotatable bonds is 8. The van der Waals surface area contributed by atoms with Crippen molar-refractivity contribution in [3.05, 3.63) is 42.2 Å². The molecule has 0 amide bonds. The number of benzene rings is 1. The van der Waals surface area contributed by atoms with Crippen LogP contribution in [0.1, 0.15) is 45.1 Å². The van der Waals surface area contributed by atoms with E-state index in [0.29, 0.717) is 11.6 Å². The molecule has 0 saturated heterocycles. The molecule has 128 valence electrons. The van der Waals surface area contributed by atoms with Gasteiger partial charge in [0.05, 0.1) is 0 Å². The van der Waals surface area contributed by atoms with E-state index in [1.54, 1.807) is 19.1 Å². The lowest BCUT2D eigenvalue weighted by Crippen LogP contribution is -2.17. The van der Waals surface area contributed by atoms with E-state index in [1.165, 1.54) is 25.7 Å².